The van der Waals surface area contributed by atoms with Crippen LogP contribution in [-0.4, -0.2) is 37.0 Å². The molecule has 0 unspecified atom stereocenters. The Morgan fingerprint density at radius 3 is 2.44 bits per heavy atom. The summed E-state index contributed by atoms with van der Waals surface area (Å²) in [6.45, 7) is 8.60. The van der Waals surface area contributed by atoms with E-state index >= 15 is 0 Å². The van der Waals surface area contributed by atoms with E-state index in [1.807, 2.05) is 33.0 Å². The van der Waals surface area contributed by atoms with Crippen molar-refractivity contribution in [3.05, 3.63) is 64.2 Å². The molecule has 8 heteroatoms. The fraction of sp³-hybridized carbons (Fsp3) is 0.269. The van der Waals surface area contributed by atoms with Gasteiger partial charge in [0.25, 0.3) is 11.8 Å². The van der Waals surface area contributed by atoms with Gasteiger partial charge in [0.05, 0.1) is 17.8 Å². The quantitative estimate of drug-likeness (QED) is 0.491. The fourth-order valence-corrected chi connectivity index (χ4v) is 4.42. The van der Waals surface area contributed by atoms with E-state index in [2.05, 4.69) is 30.1 Å². The van der Waals surface area contributed by atoms with E-state index in [0.29, 0.717) is 28.6 Å². The number of urea groups is 1. The van der Waals surface area contributed by atoms with Gasteiger partial charge in [-0.2, -0.15) is 0 Å². The van der Waals surface area contributed by atoms with Crippen LogP contribution >= 0.6 is 11.6 Å². The van der Waals surface area contributed by atoms with E-state index in [1.165, 1.54) is 6.08 Å². The molecule has 0 aliphatic carbocycles. The van der Waals surface area contributed by atoms with Crippen molar-refractivity contribution in [1.29, 1.82) is 0 Å². The maximum atomic E-state index is 13.2. The van der Waals surface area contributed by atoms with E-state index in [0.717, 1.165) is 21.7 Å². The average Bonchev–Trinajstić information content (AvgIpc) is 2.76. The first-order valence-corrected chi connectivity index (χ1v) is 11.3. The summed E-state index contributed by atoms with van der Waals surface area (Å²) in [5, 5.41) is 2.64. The highest BCUT2D eigenvalue weighted by atomic mass is 35.5. The molecule has 0 radical (unpaired) electrons. The Labute approximate surface area is 203 Å². The summed E-state index contributed by atoms with van der Waals surface area (Å²) >= 11 is 6.58. The summed E-state index contributed by atoms with van der Waals surface area (Å²) in [4.78, 5) is 41.4. The van der Waals surface area contributed by atoms with Crippen molar-refractivity contribution in [3.63, 3.8) is 0 Å². The van der Waals surface area contributed by atoms with Gasteiger partial charge < -0.3 is 9.64 Å². The molecule has 1 saturated heterocycles. The number of carbonyl (C=O) groups excluding carboxylic acids is 3. The van der Waals surface area contributed by atoms with Gasteiger partial charge in [-0.3, -0.25) is 14.9 Å². The number of fused-ring (bicyclic) bond motifs is 1. The number of imide groups is 2. The Bertz CT molecular complexity index is 1260. The highest BCUT2D eigenvalue weighted by Gasteiger charge is 2.37. The van der Waals surface area contributed by atoms with Gasteiger partial charge in [-0.1, -0.05) is 17.7 Å². The molecule has 0 bridgehead atoms. The zero-order valence-electron chi connectivity index (χ0n) is 19.7. The van der Waals surface area contributed by atoms with Gasteiger partial charge in [0.15, 0.2) is 0 Å². The zero-order valence-corrected chi connectivity index (χ0v) is 20.5. The molecule has 2 aliphatic rings. The molecule has 0 saturated carbocycles. The van der Waals surface area contributed by atoms with Crippen molar-refractivity contribution in [3.8, 4) is 5.75 Å². The summed E-state index contributed by atoms with van der Waals surface area (Å²) in [6.07, 6.45) is 3.59. The van der Waals surface area contributed by atoms with Crippen LogP contribution in [0, 0.1) is 0 Å². The summed E-state index contributed by atoms with van der Waals surface area (Å²) in [5.41, 5.74) is 3.47. The highest BCUT2D eigenvalue weighted by molar-refractivity contribution is 6.40. The van der Waals surface area contributed by atoms with Crippen LogP contribution in [0.15, 0.2) is 48.0 Å². The summed E-state index contributed by atoms with van der Waals surface area (Å²) in [6, 6.07) is 9.39. The predicted molar refractivity (Wildman–Crippen MR) is 134 cm³/mol. The van der Waals surface area contributed by atoms with Gasteiger partial charge in [-0.25, -0.2) is 9.69 Å². The normalized spacial score (nSPS) is 18.6. The number of nitrogens with zero attached hydrogens (tertiary/aromatic N) is 2. The molecule has 0 atom stereocenters. The summed E-state index contributed by atoms with van der Waals surface area (Å²) in [7, 11) is 1.99. The third kappa shape index (κ3) is 4.07. The Morgan fingerprint density at radius 2 is 1.79 bits per heavy atom. The topological polar surface area (TPSA) is 79.0 Å². The zero-order chi connectivity index (χ0) is 24.8. The maximum absolute atomic E-state index is 13.2. The van der Waals surface area contributed by atoms with Crippen LogP contribution in [0.3, 0.4) is 0 Å². The maximum Gasteiger partial charge on any atom is 0.335 e. The number of likely N-dealkylation sites (N-methyl/N-ethyl adjacent to an activating group) is 1. The van der Waals surface area contributed by atoms with Gasteiger partial charge >= 0.3 is 6.03 Å². The minimum atomic E-state index is -0.810. The van der Waals surface area contributed by atoms with Crippen molar-refractivity contribution < 1.29 is 19.1 Å². The molecule has 2 heterocycles. The second kappa shape index (κ2) is 8.65. The Kier molecular flexibility index (Phi) is 6.00. The number of nitrogens with one attached hydrogen (secondary N) is 1. The van der Waals surface area contributed by atoms with E-state index in [-0.39, 0.29) is 11.1 Å². The molecule has 0 spiro atoms. The van der Waals surface area contributed by atoms with Crippen LogP contribution in [0.5, 0.6) is 5.75 Å². The molecule has 1 fully saturated rings. The van der Waals surface area contributed by atoms with Crippen LogP contribution in [0.2, 0.25) is 5.02 Å². The standard InChI is InChI=1S/C26H26ClN3O4/c1-6-34-18-9-7-17(8-10-18)30-24(32)20(23(31)28-25(30)33)12-16-11-19-15(2)14-26(3,4)29(5)22(19)13-21(16)27/h7-14H,6H2,1-5H3,(H,28,31,33)/b20-12-. The largest absolute Gasteiger partial charge is 0.494 e. The van der Waals surface area contributed by atoms with Crippen molar-refractivity contribution >= 4 is 52.5 Å². The SMILES string of the molecule is CCOc1ccc(N2C(=O)NC(=O)/C(=C/c3cc4c(cc3Cl)N(C)C(C)(C)C=C4C)C2=O)cc1. The summed E-state index contributed by atoms with van der Waals surface area (Å²) in [5.74, 6) is -0.880. The van der Waals surface area contributed by atoms with Crippen LogP contribution in [0.4, 0.5) is 16.2 Å². The molecule has 2 aromatic rings. The number of hydrogen-bond acceptors (Lipinski definition) is 5. The monoisotopic (exact) mass is 479 g/mol. The first-order valence-electron chi connectivity index (χ1n) is 10.9. The predicted octanol–water partition coefficient (Wildman–Crippen LogP) is 5.04. The molecule has 176 valence electrons. The third-order valence-corrected chi connectivity index (χ3v) is 6.47. The lowest BCUT2D eigenvalue weighted by Gasteiger charge is -2.40. The van der Waals surface area contributed by atoms with E-state index < -0.39 is 17.8 Å². The van der Waals surface area contributed by atoms with Gasteiger partial charge in [-0.05, 0) is 81.3 Å². The van der Waals surface area contributed by atoms with Crippen LogP contribution in [-0.2, 0) is 9.59 Å². The van der Waals surface area contributed by atoms with E-state index in [4.69, 9.17) is 16.3 Å². The second-order valence-corrected chi connectivity index (χ2v) is 9.22. The van der Waals surface area contributed by atoms with Crippen molar-refractivity contribution in [2.24, 2.45) is 0 Å². The average molecular weight is 480 g/mol. The molecular weight excluding hydrogens is 454 g/mol. The number of anilines is 2. The number of hydrogen-bond donors (Lipinski definition) is 1. The summed E-state index contributed by atoms with van der Waals surface area (Å²) < 4.78 is 5.41. The number of halogens is 1. The van der Waals surface area contributed by atoms with Crippen LogP contribution < -0.4 is 19.9 Å². The molecule has 0 aromatic heterocycles. The smallest absolute Gasteiger partial charge is 0.335 e. The van der Waals surface area contributed by atoms with Crippen molar-refractivity contribution in [2.45, 2.75) is 33.2 Å². The number of allylic oxidation sites excluding steroid dienone is 1. The minimum absolute atomic E-state index is 0.179. The van der Waals surface area contributed by atoms with Crippen molar-refractivity contribution in [2.75, 3.05) is 23.5 Å². The first-order chi connectivity index (χ1) is 16.0. The van der Waals surface area contributed by atoms with Gasteiger partial charge in [0.1, 0.15) is 11.3 Å². The third-order valence-electron chi connectivity index (χ3n) is 6.14. The molecular formula is C26H26ClN3O4. The number of rotatable bonds is 4. The molecule has 34 heavy (non-hydrogen) atoms. The number of barbiturate groups is 1. The second-order valence-electron chi connectivity index (χ2n) is 8.82. The molecule has 2 aromatic carbocycles. The lowest BCUT2D eigenvalue weighted by Crippen LogP contribution is -2.54. The first kappa shape index (κ1) is 23.6. The number of amides is 4. The van der Waals surface area contributed by atoms with Gasteiger partial charge in [0.2, 0.25) is 0 Å². The molecule has 1 N–H and O–H groups in total. The molecule has 4 amide bonds. The van der Waals surface area contributed by atoms with Crippen molar-refractivity contribution in [1.82, 2.24) is 5.32 Å². The Balaban J connectivity index is 1.74. The van der Waals surface area contributed by atoms with Gasteiger partial charge in [-0.15, -0.1) is 0 Å². The van der Waals surface area contributed by atoms with E-state index in [1.54, 1.807) is 24.3 Å². The van der Waals surface area contributed by atoms with Crippen LogP contribution in [0.25, 0.3) is 11.6 Å². The minimum Gasteiger partial charge on any atom is -0.494 e. The molecule has 4 rings (SSSR count). The Hall–Kier alpha value is -3.58. The lowest BCUT2D eigenvalue weighted by atomic mass is 9.88. The van der Waals surface area contributed by atoms with Gasteiger partial charge in [0, 0.05) is 23.3 Å². The van der Waals surface area contributed by atoms with E-state index in [9.17, 15) is 14.4 Å². The number of carbonyl (C=O) groups is 3. The fourth-order valence-electron chi connectivity index (χ4n) is 4.20. The number of ether oxygens (including phenoxy) is 1. The lowest BCUT2D eigenvalue weighted by molar-refractivity contribution is -0.122. The highest BCUT2D eigenvalue weighted by Crippen LogP contribution is 2.41. The molecule has 7 nitrogen and oxygen atoms in total. The molecule has 2 aliphatic heterocycles. The Morgan fingerprint density at radius 1 is 1.12 bits per heavy atom. The van der Waals surface area contributed by atoms with Crippen LogP contribution in [0.1, 0.15) is 38.8 Å². The number of benzene rings is 2.